The maximum atomic E-state index is 11.9. The molecule has 0 aromatic heterocycles. The van der Waals surface area contributed by atoms with Gasteiger partial charge < -0.3 is 9.47 Å². The minimum Gasteiger partial charge on any atom is -0.497 e. The van der Waals surface area contributed by atoms with Crippen molar-refractivity contribution in [2.45, 2.75) is 0 Å². The number of carbonyl (C=O) groups excluding carboxylic acids is 1. The van der Waals surface area contributed by atoms with E-state index in [0.717, 1.165) is 16.7 Å². The number of carbonyl (C=O) groups is 1. The predicted molar refractivity (Wildman–Crippen MR) is 99.5 cm³/mol. The molecule has 0 unspecified atom stereocenters. The van der Waals surface area contributed by atoms with Crippen molar-refractivity contribution in [1.82, 2.24) is 0 Å². The van der Waals surface area contributed by atoms with Gasteiger partial charge in [-0.25, -0.2) is 4.79 Å². The minimum absolute atomic E-state index is 0.419. The molecule has 0 bridgehead atoms. The van der Waals surface area contributed by atoms with Crippen LogP contribution in [0.25, 0.3) is 17.2 Å². The van der Waals surface area contributed by atoms with Crippen LogP contribution in [-0.2, 0) is 4.79 Å². The second-order valence-corrected chi connectivity index (χ2v) is 5.42. The summed E-state index contributed by atoms with van der Waals surface area (Å²) >= 11 is 0. The Bertz CT molecular complexity index is 848. The van der Waals surface area contributed by atoms with Crippen molar-refractivity contribution < 1.29 is 14.3 Å². The predicted octanol–water partition coefficient (Wildman–Crippen LogP) is 4.98. The largest absolute Gasteiger partial charge is 0.497 e. The molecule has 0 radical (unpaired) electrons. The summed E-state index contributed by atoms with van der Waals surface area (Å²) in [5.41, 5.74) is 3.24. The highest BCUT2D eigenvalue weighted by Gasteiger charge is 2.01. The number of benzene rings is 3. The molecule has 3 aromatic carbocycles. The van der Waals surface area contributed by atoms with Crippen molar-refractivity contribution in [1.29, 1.82) is 0 Å². The van der Waals surface area contributed by atoms with E-state index in [-0.39, 0.29) is 0 Å². The number of hydrogen-bond donors (Lipinski definition) is 0. The monoisotopic (exact) mass is 330 g/mol. The lowest BCUT2D eigenvalue weighted by Crippen LogP contribution is -2.03. The summed E-state index contributed by atoms with van der Waals surface area (Å²) in [6.45, 7) is 0. The SMILES string of the molecule is COc1ccc(OC(=O)/C=C/c2ccc(-c3ccccc3)cc2)cc1. The van der Waals surface area contributed by atoms with E-state index in [0.29, 0.717) is 11.5 Å². The van der Waals surface area contributed by atoms with Gasteiger partial charge in [0, 0.05) is 6.08 Å². The zero-order chi connectivity index (χ0) is 17.5. The van der Waals surface area contributed by atoms with Crippen LogP contribution in [0.2, 0.25) is 0 Å². The fraction of sp³-hybridized carbons (Fsp3) is 0.0455. The highest BCUT2D eigenvalue weighted by atomic mass is 16.5. The zero-order valence-corrected chi connectivity index (χ0v) is 13.9. The first-order valence-electron chi connectivity index (χ1n) is 7.94. The van der Waals surface area contributed by atoms with Gasteiger partial charge in [-0.1, -0.05) is 54.6 Å². The minimum atomic E-state index is -0.419. The van der Waals surface area contributed by atoms with Gasteiger partial charge >= 0.3 is 5.97 Å². The second kappa shape index (κ2) is 7.97. The van der Waals surface area contributed by atoms with Crippen molar-refractivity contribution in [2.24, 2.45) is 0 Å². The van der Waals surface area contributed by atoms with Crippen LogP contribution in [-0.4, -0.2) is 13.1 Å². The Morgan fingerprint density at radius 1 is 0.760 bits per heavy atom. The second-order valence-electron chi connectivity index (χ2n) is 5.42. The average Bonchev–Trinajstić information content (AvgIpc) is 2.68. The van der Waals surface area contributed by atoms with E-state index in [2.05, 4.69) is 12.1 Å². The summed E-state index contributed by atoms with van der Waals surface area (Å²) in [5.74, 6) is 0.779. The third kappa shape index (κ3) is 4.58. The molecule has 0 aliphatic heterocycles. The maximum absolute atomic E-state index is 11.9. The van der Waals surface area contributed by atoms with Gasteiger partial charge in [0.1, 0.15) is 11.5 Å². The first-order chi connectivity index (χ1) is 12.2. The van der Waals surface area contributed by atoms with Gasteiger partial charge in [-0.05, 0) is 47.0 Å². The van der Waals surface area contributed by atoms with Gasteiger partial charge in [-0.15, -0.1) is 0 Å². The molecule has 124 valence electrons. The molecule has 25 heavy (non-hydrogen) atoms. The summed E-state index contributed by atoms with van der Waals surface area (Å²) in [4.78, 5) is 11.9. The van der Waals surface area contributed by atoms with Crippen molar-refractivity contribution >= 4 is 12.0 Å². The quantitative estimate of drug-likeness (QED) is 0.376. The molecule has 0 saturated carbocycles. The van der Waals surface area contributed by atoms with Crippen molar-refractivity contribution in [2.75, 3.05) is 7.11 Å². The molecule has 0 N–H and O–H groups in total. The van der Waals surface area contributed by atoms with Crippen LogP contribution in [0, 0.1) is 0 Å². The summed E-state index contributed by atoms with van der Waals surface area (Å²) in [6.07, 6.45) is 3.16. The van der Waals surface area contributed by atoms with E-state index >= 15 is 0 Å². The van der Waals surface area contributed by atoms with Crippen LogP contribution >= 0.6 is 0 Å². The molecule has 3 heteroatoms. The topological polar surface area (TPSA) is 35.5 Å². The molecule has 0 heterocycles. The van der Waals surface area contributed by atoms with Gasteiger partial charge in [0.2, 0.25) is 0 Å². The molecule has 3 rings (SSSR count). The summed E-state index contributed by atoms with van der Waals surface area (Å²) in [5, 5.41) is 0. The van der Waals surface area contributed by atoms with E-state index in [1.807, 2.05) is 42.5 Å². The molecule has 0 atom stereocenters. The highest BCUT2D eigenvalue weighted by molar-refractivity contribution is 5.88. The third-order valence-electron chi connectivity index (χ3n) is 3.71. The van der Waals surface area contributed by atoms with Crippen LogP contribution in [0.15, 0.2) is 84.9 Å². The molecule has 3 aromatic rings. The molecule has 3 nitrogen and oxygen atoms in total. The number of rotatable bonds is 5. The zero-order valence-electron chi connectivity index (χ0n) is 13.9. The molecule has 0 saturated heterocycles. The first kappa shape index (κ1) is 16.5. The van der Waals surface area contributed by atoms with Crippen LogP contribution in [0.4, 0.5) is 0 Å². The Kier molecular flexibility index (Phi) is 5.27. The fourth-order valence-corrected chi connectivity index (χ4v) is 2.38. The van der Waals surface area contributed by atoms with E-state index in [4.69, 9.17) is 9.47 Å². The lowest BCUT2D eigenvalue weighted by Gasteiger charge is -2.03. The Labute approximate surface area is 147 Å². The van der Waals surface area contributed by atoms with Crippen LogP contribution in [0.3, 0.4) is 0 Å². The molecular weight excluding hydrogens is 312 g/mol. The Morgan fingerprint density at radius 3 is 2.00 bits per heavy atom. The van der Waals surface area contributed by atoms with Crippen LogP contribution in [0.1, 0.15) is 5.56 Å². The smallest absolute Gasteiger partial charge is 0.336 e. The molecule has 0 aliphatic carbocycles. The standard InChI is InChI=1S/C22H18O3/c1-24-20-12-14-21(15-13-20)25-22(23)16-9-17-7-10-19(11-8-17)18-5-3-2-4-6-18/h2-16H,1H3/b16-9+. The lowest BCUT2D eigenvalue weighted by molar-refractivity contribution is -0.128. The number of hydrogen-bond acceptors (Lipinski definition) is 3. The van der Waals surface area contributed by atoms with E-state index < -0.39 is 5.97 Å². The molecule has 0 spiro atoms. The average molecular weight is 330 g/mol. The van der Waals surface area contributed by atoms with Crippen LogP contribution < -0.4 is 9.47 Å². The van der Waals surface area contributed by atoms with Gasteiger partial charge in [-0.3, -0.25) is 0 Å². The fourth-order valence-electron chi connectivity index (χ4n) is 2.38. The van der Waals surface area contributed by atoms with Crippen molar-refractivity contribution in [3.8, 4) is 22.6 Å². The summed E-state index contributed by atoms with van der Waals surface area (Å²) in [7, 11) is 1.59. The van der Waals surface area contributed by atoms with Gasteiger partial charge in [0.25, 0.3) is 0 Å². The Morgan fingerprint density at radius 2 is 1.36 bits per heavy atom. The molecule has 0 fully saturated rings. The number of ether oxygens (including phenoxy) is 2. The van der Waals surface area contributed by atoms with E-state index in [1.165, 1.54) is 6.08 Å². The lowest BCUT2D eigenvalue weighted by atomic mass is 10.0. The summed E-state index contributed by atoms with van der Waals surface area (Å²) < 4.78 is 10.3. The van der Waals surface area contributed by atoms with E-state index in [9.17, 15) is 4.79 Å². The van der Waals surface area contributed by atoms with Crippen molar-refractivity contribution in [3.05, 3.63) is 90.5 Å². The Balaban J connectivity index is 1.62. The number of esters is 1. The third-order valence-corrected chi connectivity index (χ3v) is 3.71. The molecule has 0 aliphatic rings. The highest BCUT2D eigenvalue weighted by Crippen LogP contribution is 2.20. The maximum Gasteiger partial charge on any atom is 0.336 e. The van der Waals surface area contributed by atoms with Gasteiger partial charge in [0.05, 0.1) is 7.11 Å². The normalized spacial score (nSPS) is 10.6. The van der Waals surface area contributed by atoms with Gasteiger partial charge in [0.15, 0.2) is 0 Å². The first-order valence-corrected chi connectivity index (χ1v) is 7.94. The van der Waals surface area contributed by atoms with Crippen LogP contribution in [0.5, 0.6) is 11.5 Å². The molecule has 0 amide bonds. The number of methoxy groups -OCH3 is 1. The Hall–Kier alpha value is -3.33. The van der Waals surface area contributed by atoms with E-state index in [1.54, 1.807) is 37.5 Å². The van der Waals surface area contributed by atoms with Gasteiger partial charge in [-0.2, -0.15) is 0 Å². The molecular formula is C22H18O3. The van der Waals surface area contributed by atoms with Crippen molar-refractivity contribution in [3.63, 3.8) is 0 Å². The summed E-state index contributed by atoms with van der Waals surface area (Å²) in [6, 6.07) is 25.0.